The Morgan fingerprint density at radius 1 is 0.947 bits per heavy atom. The predicted molar refractivity (Wildman–Crippen MR) is 152 cm³/mol. The molecule has 0 bridgehead atoms. The van der Waals surface area contributed by atoms with Crippen molar-refractivity contribution in [3.8, 4) is 0 Å². The van der Waals surface area contributed by atoms with Crippen molar-refractivity contribution < 1.29 is 18.0 Å². The highest BCUT2D eigenvalue weighted by molar-refractivity contribution is 7.92. The highest BCUT2D eigenvalue weighted by Crippen LogP contribution is 2.25. The third-order valence-electron chi connectivity index (χ3n) is 6.34. The fraction of sp³-hybridized carbons (Fsp3) is 0.310. The summed E-state index contributed by atoms with van der Waals surface area (Å²) >= 11 is 6.17. The van der Waals surface area contributed by atoms with Gasteiger partial charge < -0.3 is 10.2 Å². The Morgan fingerprint density at radius 3 is 2.21 bits per heavy atom. The number of para-hydroxylation sites is 1. The van der Waals surface area contributed by atoms with Gasteiger partial charge in [0.2, 0.25) is 11.8 Å². The molecule has 0 aromatic heterocycles. The number of hydrogen-bond acceptors (Lipinski definition) is 4. The third kappa shape index (κ3) is 7.36. The molecule has 3 aromatic rings. The van der Waals surface area contributed by atoms with Crippen LogP contribution < -0.4 is 9.62 Å². The molecule has 38 heavy (non-hydrogen) atoms. The molecule has 7 nitrogen and oxygen atoms in total. The molecule has 0 saturated carbocycles. The van der Waals surface area contributed by atoms with Crippen LogP contribution in [0.1, 0.15) is 38.3 Å². The Morgan fingerprint density at radius 2 is 1.61 bits per heavy atom. The number of rotatable bonds is 11. The molecule has 202 valence electrons. The number of carbonyl (C=O) groups excluding carboxylic acids is 2. The molecule has 0 aliphatic rings. The van der Waals surface area contributed by atoms with Crippen LogP contribution in [-0.2, 0) is 26.2 Å². The van der Waals surface area contributed by atoms with E-state index in [1.165, 1.54) is 17.0 Å². The third-order valence-corrected chi connectivity index (χ3v) is 8.37. The molecule has 0 heterocycles. The fourth-order valence-corrected chi connectivity index (χ4v) is 5.47. The van der Waals surface area contributed by atoms with Crippen LogP contribution in [0, 0.1) is 6.92 Å². The van der Waals surface area contributed by atoms with Crippen LogP contribution in [0.2, 0.25) is 5.02 Å². The number of nitrogens with one attached hydrogen (secondary N) is 1. The molecule has 2 atom stereocenters. The van der Waals surface area contributed by atoms with E-state index in [-0.39, 0.29) is 23.4 Å². The largest absolute Gasteiger partial charge is 0.352 e. The lowest BCUT2D eigenvalue weighted by molar-refractivity contribution is -0.139. The van der Waals surface area contributed by atoms with Crippen molar-refractivity contribution in [2.24, 2.45) is 0 Å². The summed E-state index contributed by atoms with van der Waals surface area (Å²) in [4.78, 5) is 28.4. The Balaban J connectivity index is 2.00. The van der Waals surface area contributed by atoms with Gasteiger partial charge in [0.1, 0.15) is 12.6 Å². The maximum Gasteiger partial charge on any atom is 0.264 e. The van der Waals surface area contributed by atoms with Gasteiger partial charge in [-0.15, -0.1) is 0 Å². The number of sulfonamides is 1. The van der Waals surface area contributed by atoms with Gasteiger partial charge in [-0.3, -0.25) is 13.9 Å². The van der Waals surface area contributed by atoms with Crippen LogP contribution in [0.5, 0.6) is 0 Å². The van der Waals surface area contributed by atoms with Crippen LogP contribution in [0.25, 0.3) is 0 Å². The van der Waals surface area contributed by atoms with E-state index in [9.17, 15) is 18.0 Å². The Bertz CT molecular complexity index is 1350. The summed E-state index contributed by atoms with van der Waals surface area (Å²) in [5.41, 5.74) is 1.99. The lowest BCUT2D eigenvalue weighted by Crippen LogP contribution is -2.52. The van der Waals surface area contributed by atoms with E-state index in [1.54, 1.807) is 67.6 Å². The van der Waals surface area contributed by atoms with Crippen LogP contribution in [0.4, 0.5) is 5.69 Å². The van der Waals surface area contributed by atoms with Crippen molar-refractivity contribution in [1.82, 2.24) is 10.2 Å². The minimum absolute atomic E-state index is 0.0729. The van der Waals surface area contributed by atoms with Gasteiger partial charge in [-0.1, -0.05) is 66.6 Å². The molecule has 0 radical (unpaired) electrons. The number of halogens is 1. The number of amides is 2. The quantitative estimate of drug-likeness (QED) is 0.353. The Hall–Kier alpha value is -3.36. The number of benzene rings is 3. The fourth-order valence-electron chi connectivity index (χ4n) is 3.84. The van der Waals surface area contributed by atoms with E-state index in [0.717, 1.165) is 21.9 Å². The van der Waals surface area contributed by atoms with Crippen LogP contribution in [-0.4, -0.2) is 43.8 Å². The summed E-state index contributed by atoms with van der Waals surface area (Å²) in [5, 5.41) is 3.42. The first-order valence-corrected chi connectivity index (χ1v) is 14.3. The minimum atomic E-state index is -4.08. The maximum absolute atomic E-state index is 13.9. The van der Waals surface area contributed by atoms with Gasteiger partial charge in [-0.25, -0.2) is 8.42 Å². The standard InChI is InChI=1S/C29H34ClN3O4S/c1-5-22(3)31-29(35)23(4)32(19-24-10-9-11-25(30)18-24)28(34)20-33(26-12-7-6-8-13-26)38(36,37)27-16-14-21(2)15-17-27/h6-18,22-23H,5,19-20H2,1-4H3,(H,31,35)/t22-,23-/m1/s1. The van der Waals surface area contributed by atoms with Gasteiger partial charge in [0.15, 0.2) is 0 Å². The normalized spacial score (nSPS) is 12.9. The zero-order chi connectivity index (χ0) is 27.9. The molecule has 1 N–H and O–H groups in total. The number of hydrogen-bond donors (Lipinski definition) is 1. The van der Waals surface area contributed by atoms with E-state index in [4.69, 9.17) is 11.6 Å². The van der Waals surface area contributed by atoms with Crippen LogP contribution >= 0.6 is 11.6 Å². The molecular formula is C29H34ClN3O4S. The average molecular weight is 556 g/mol. The van der Waals surface area contributed by atoms with Crippen molar-refractivity contribution in [2.45, 2.75) is 57.6 Å². The molecule has 9 heteroatoms. The number of aryl methyl sites for hydroxylation is 1. The maximum atomic E-state index is 13.9. The molecule has 0 unspecified atom stereocenters. The van der Waals surface area contributed by atoms with Crippen molar-refractivity contribution in [1.29, 1.82) is 0 Å². The Labute approximate surface area is 230 Å². The molecule has 0 aliphatic heterocycles. The first-order chi connectivity index (χ1) is 18.0. The van der Waals surface area contributed by atoms with Crippen molar-refractivity contribution in [2.75, 3.05) is 10.8 Å². The average Bonchev–Trinajstić information content (AvgIpc) is 2.90. The summed E-state index contributed by atoms with van der Waals surface area (Å²) in [6.07, 6.45) is 0.733. The zero-order valence-electron chi connectivity index (χ0n) is 22.1. The van der Waals surface area contributed by atoms with E-state index < -0.39 is 28.5 Å². The van der Waals surface area contributed by atoms with Crippen molar-refractivity contribution in [3.05, 3.63) is 95.0 Å². The second-order valence-corrected chi connectivity index (χ2v) is 11.6. The topological polar surface area (TPSA) is 86.8 Å². The van der Waals surface area contributed by atoms with Gasteiger partial charge in [0.05, 0.1) is 10.6 Å². The van der Waals surface area contributed by atoms with Crippen molar-refractivity contribution in [3.63, 3.8) is 0 Å². The number of anilines is 1. The van der Waals surface area contributed by atoms with E-state index >= 15 is 0 Å². The van der Waals surface area contributed by atoms with Gasteiger partial charge in [-0.05, 0) is 69.2 Å². The second kappa shape index (κ2) is 12.9. The number of nitrogens with zero attached hydrogens (tertiary/aromatic N) is 2. The Kier molecular flexibility index (Phi) is 9.94. The van der Waals surface area contributed by atoms with Gasteiger partial charge in [0.25, 0.3) is 10.0 Å². The summed E-state index contributed by atoms with van der Waals surface area (Å²) in [6.45, 7) is 6.95. The highest BCUT2D eigenvalue weighted by Gasteiger charge is 2.32. The number of carbonyl (C=O) groups is 2. The molecule has 3 aromatic carbocycles. The van der Waals surface area contributed by atoms with E-state index in [2.05, 4.69) is 5.32 Å². The summed E-state index contributed by atoms with van der Waals surface area (Å²) in [5.74, 6) is -0.835. The molecular weight excluding hydrogens is 522 g/mol. The smallest absolute Gasteiger partial charge is 0.264 e. The molecule has 2 amide bonds. The first kappa shape index (κ1) is 29.2. The second-order valence-electron chi connectivity index (χ2n) is 9.31. The monoisotopic (exact) mass is 555 g/mol. The molecule has 0 aliphatic carbocycles. The van der Waals surface area contributed by atoms with E-state index in [1.807, 2.05) is 26.8 Å². The van der Waals surface area contributed by atoms with Crippen LogP contribution in [0.15, 0.2) is 83.8 Å². The van der Waals surface area contributed by atoms with Crippen LogP contribution in [0.3, 0.4) is 0 Å². The van der Waals surface area contributed by atoms with Gasteiger partial charge >= 0.3 is 0 Å². The summed E-state index contributed by atoms with van der Waals surface area (Å²) in [6, 6.07) is 21.0. The summed E-state index contributed by atoms with van der Waals surface area (Å²) in [7, 11) is -4.08. The lowest BCUT2D eigenvalue weighted by atomic mass is 10.1. The zero-order valence-corrected chi connectivity index (χ0v) is 23.7. The van der Waals surface area contributed by atoms with E-state index in [0.29, 0.717) is 10.7 Å². The highest BCUT2D eigenvalue weighted by atomic mass is 35.5. The molecule has 0 spiro atoms. The first-order valence-electron chi connectivity index (χ1n) is 12.5. The molecule has 0 fully saturated rings. The lowest BCUT2D eigenvalue weighted by Gasteiger charge is -2.32. The predicted octanol–water partition coefficient (Wildman–Crippen LogP) is 5.18. The van der Waals surface area contributed by atoms with Gasteiger partial charge in [0, 0.05) is 17.6 Å². The summed E-state index contributed by atoms with van der Waals surface area (Å²) < 4.78 is 28.6. The molecule has 0 saturated heterocycles. The van der Waals surface area contributed by atoms with Gasteiger partial charge in [-0.2, -0.15) is 0 Å². The minimum Gasteiger partial charge on any atom is -0.352 e. The SMILES string of the molecule is CC[C@@H](C)NC(=O)[C@@H](C)N(Cc1cccc(Cl)c1)C(=O)CN(c1ccccc1)S(=O)(=O)c1ccc(C)cc1. The molecule has 3 rings (SSSR count). The van der Waals surface area contributed by atoms with Crippen molar-refractivity contribution >= 4 is 39.1 Å².